The number of ether oxygens (including phenoxy) is 4. The number of aliphatic hydroxyl groups is 1. The first-order chi connectivity index (χ1) is 45.7. The summed E-state index contributed by atoms with van der Waals surface area (Å²) in [4.78, 5) is 72.2. The Morgan fingerprint density at radius 1 is 0.255 bits per heavy atom. The fourth-order valence-electron chi connectivity index (χ4n) is 11.6. The van der Waals surface area contributed by atoms with Gasteiger partial charge in [0.15, 0.2) is 12.2 Å². The molecule has 0 aromatic heterocycles. The van der Waals surface area contributed by atoms with Gasteiger partial charge in [0.1, 0.15) is 19.3 Å². The van der Waals surface area contributed by atoms with E-state index in [1.54, 1.807) is 0 Å². The molecule has 0 aliphatic heterocycles. The van der Waals surface area contributed by atoms with Crippen LogP contribution in [0.3, 0.4) is 0 Å². The third kappa shape index (κ3) is 68.6. The lowest BCUT2D eigenvalue weighted by molar-refractivity contribution is -0.161. The van der Waals surface area contributed by atoms with Crippen molar-refractivity contribution in [1.29, 1.82) is 0 Å². The van der Waals surface area contributed by atoms with E-state index in [0.29, 0.717) is 25.7 Å². The number of esters is 4. The maximum atomic E-state index is 13.1. The topological polar surface area (TPSA) is 237 Å². The highest BCUT2D eigenvalue weighted by molar-refractivity contribution is 7.47. The Labute approximate surface area is 575 Å². The van der Waals surface area contributed by atoms with Gasteiger partial charge in [-0.05, 0) is 25.7 Å². The highest BCUT2D eigenvalue weighted by atomic mass is 31.2. The van der Waals surface area contributed by atoms with Crippen molar-refractivity contribution in [3.8, 4) is 0 Å². The summed E-state index contributed by atoms with van der Waals surface area (Å²) in [6.07, 6.45) is 60.6. The molecule has 0 rings (SSSR count). The lowest BCUT2D eigenvalue weighted by atomic mass is 10.0. The van der Waals surface area contributed by atoms with E-state index in [-0.39, 0.29) is 25.7 Å². The molecular weight excluding hydrogens is 1230 g/mol. The smallest absolute Gasteiger partial charge is 0.462 e. The Bertz CT molecular complexity index is 1790. The van der Waals surface area contributed by atoms with Gasteiger partial charge in [0, 0.05) is 25.7 Å². The molecule has 17 nitrogen and oxygen atoms in total. The molecule has 0 radical (unpaired) electrons. The molecule has 0 saturated heterocycles. The average Bonchev–Trinajstić information content (AvgIpc) is 2.37. The Kier molecular flexibility index (Phi) is 68.1. The van der Waals surface area contributed by atoms with Gasteiger partial charge in [-0.2, -0.15) is 0 Å². The number of carbonyl (C=O) groups is 4. The summed E-state index contributed by atoms with van der Waals surface area (Å²) in [5.74, 6) is -2.13. The van der Waals surface area contributed by atoms with E-state index < -0.39 is 97.5 Å². The van der Waals surface area contributed by atoms with Crippen molar-refractivity contribution in [2.75, 3.05) is 39.6 Å². The first-order valence-corrected chi connectivity index (χ1v) is 42.3. The second-order valence-corrected chi connectivity index (χ2v) is 29.9. The molecule has 5 atom stereocenters. The van der Waals surface area contributed by atoms with Crippen molar-refractivity contribution < 1.29 is 80.2 Å². The lowest BCUT2D eigenvalue weighted by Crippen LogP contribution is -2.30. The fourth-order valence-corrected chi connectivity index (χ4v) is 13.2. The third-order valence-electron chi connectivity index (χ3n) is 17.6. The average molecular weight is 1380 g/mol. The molecule has 0 aromatic rings. The minimum Gasteiger partial charge on any atom is -0.462 e. The van der Waals surface area contributed by atoms with Gasteiger partial charge in [-0.1, -0.05) is 349 Å². The Morgan fingerprint density at radius 3 is 0.628 bits per heavy atom. The van der Waals surface area contributed by atoms with Crippen molar-refractivity contribution in [2.24, 2.45) is 0 Å². The molecule has 0 amide bonds. The van der Waals surface area contributed by atoms with E-state index in [1.807, 2.05) is 0 Å². The number of unbranched alkanes of at least 4 members (excludes halogenated alkanes) is 50. The van der Waals surface area contributed by atoms with Gasteiger partial charge in [0.2, 0.25) is 0 Å². The van der Waals surface area contributed by atoms with Gasteiger partial charge in [0.05, 0.1) is 26.4 Å². The molecule has 0 aliphatic carbocycles. The van der Waals surface area contributed by atoms with Crippen LogP contribution in [0.5, 0.6) is 0 Å². The molecular formula is C75H146O17P2. The van der Waals surface area contributed by atoms with Crippen molar-refractivity contribution >= 4 is 39.5 Å². The Hall–Kier alpha value is -1.94. The highest BCUT2D eigenvalue weighted by Crippen LogP contribution is 2.45. The number of aliphatic hydroxyl groups excluding tert-OH is 1. The number of carbonyl (C=O) groups excluding carboxylic acids is 4. The molecule has 0 bridgehead atoms. The molecule has 94 heavy (non-hydrogen) atoms. The predicted octanol–water partition coefficient (Wildman–Crippen LogP) is 22.2. The van der Waals surface area contributed by atoms with Crippen LogP contribution in [0.15, 0.2) is 0 Å². The zero-order valence-electron chi connectivity index (χ0n) is 60.9. The van der Waals surface area contributed by atoms with E-state index in [0.717, 1.165) is 109 Å². The Balaban J connectivity index is 5.04. The predicted molar refractivity (Wildman–Crippen MR) is 382 cm³/mol. The third-order valence-corrected chi connectivity index (χ3v) is 19.5. The van der Waals surface area contributed by atoms with Crippen molar-refractivity contribution in [1.82, 2.24) is 0 Å². The lowest BCUT2D eigenvalue weighted by Gasteiger charge is -2.21. The zero-order valence-corrected chi connectivity index (χ0v) is 62.7. The van der Waals surface area contributed by atoms with Crippen LogP contribution in [0.4, 0.5) is 0 Å². The van der Waals surface area contributed by atoms with Crippen molar-refractivity contribution in [3.05, 3.63) is 0 Å². The maximum Gasteiger partial charge on any atom is 0.472 e. The van der Waals surface area contributed by atoms with Gasteiger partial charge in [-0.25, -0.2) is 9.13 Å². The first-order valence-electron chi connectivity index (χ1n) is 39.3. The van der Waals surface area contributed by atoms with Crippen LogP contribution in [-0.2, 0) is 65.4 Å². The van der Waals surface area contributed by atoms with Gasteiger partial charge >= 0.3 is 39.5 Å². The summed E-state index contributed by atoms with van der Waals surface area (Å²) in [6, 6.07) is 0. The first kappa shape index (κ1) is 92.1. The molecule has 0 aromatic carbocycles. The zero-order chi connectivity index (χ0) is 69.0. The van der Waals surface area contributed by atoms with Gasteiger partial charge in [0.25, 0.3) is 0 Å². The van der Waals surface area contributed by atoms with Crippen molar-refractivity contribution in [2.45, 2.75) is 418 Å². The van der Waals surface area contributed by atoms with Gasteiger partial charge in [-0.3, -0.25) is 37.3 Å². The molecule has 0 spiro atoms. The van der Waals surface area contributed by atoms with Crippen LogP contribution in [0.2, 0.25) is 0 Å². The van der Waals surface area contributed by atoms with E-state index in [1.165, 1.54) is 212 Å². The van der Waals surface area contributed by atoms with E-state index >= 15 is 0 Å². The molecule has 3 N–H and O–H groups in total. The Morgan fingerprint density at radius 2 is 0.426 bits per heavy atom. The quantitative estimate of drug-likeness (QED) is 0.0222. The fraction of sp³-hybridized carbons (Fsp3) is 0.947. The van der Waals surface area contributed by atoms with Crippen LogP contribution in [0, 0.1) is 0 Å². The summed E-state index contributed by atoms with van der Waals surface area (Å²) in [6.45, 7) is 4.83. The monoisotopic (exact) mass is 1380 g/mol. The molecule has 558 valence electrons. The van der Waals surface area contributed by atoms with Crippen LogP contribution in [-0.4, -0.2) is 96.7 Å². The molecule has 19 heteroatoms. The summed E-state index contributed by atoms with van der Waals surface area (Å²) >= 11 is 0. The number of phosphoric ester groups is 2. The normalized spacial score (nSPS) is 13.9. The summed E-state index contributed by atoms with van der Waals surface area (Å²) in [7, 11) is -9.89. The standard InChI is InChI=1S/C75H146O17P2/c1-5-9-13-17-20-22-24-26-28-30-32-34-36-38-40-42-44-46-49-52-56-60-73(78)86-66-71(92-75(80)62-58-54-50-47-45-43-41-39-37-35-33-31-29-27-25-23-21-18-14-10-6-2)68-90-94(83,84)88-64-69(76)63-87-93(81,82)89-67-70(65-85-72(77)59-55-51-16-12-8-4)91-74(79)61-57-53-48-19-15-11-7-3/h69-71,76H,5-68H2,1-4H3,(H,81,82)(H,83,84)/t69-,70+,71+/m0/s1. The minimum atomic E-state index is -4.95. The number of phosphoric acid groups is 2. The van der Waals surface area contributed by atoms with Crippen LogP contribution in [0.25, 0.3) is 0 Å². The van der Waals surface area contributed by atoms with E-state index in [2.05, 4.69) is 27.7 Å². The van der Waals surface area contributed by atoms with Gasteiger partial charge in [-0.15, -0.1) is 0 Å². The molecule has 0 fully saturated rings. The molecule has 2 unspecified atom stereocenters. The number of hydrogen-bond donors (Lipinski definition) is 3. The summed E-state index contributed by atoms with van der Waals surface area (Å²) < 4.78 is 68.1. The summed E-state index contributed by atoms with van der Waals surface area (Å²) in [5.41, 5.74) is 0. The second-order valence-electron chi connectivity index (χ2n) is 27.0. The van der Waals surface area contributed by atoms with Gasteiger partial charge < -0.3 is 33.8 Å². The maximum absolute atomic E-state index is 13.1. The largest absolute Gasteiger partial charge is 0.472 e. The van der Waals surface area contributed by atoms with Crippen LogP contribution >= 0.6 is 15.6 Å². The second kappa shape index (κ2) is 69.5. The van der Waals surface area contributed by atoms with Crippen molar-refractivity contribution in [3.63, 3.8) is 0 Å². The van der Waals surface area contributed by atoms with E-state index in [4.69, 9.17) is 37.0 Å². The molecule has 0 heterocycles. The van der Waals surface area contributed by atoms with E-state index in [9.17, 15) is 43.2 Å². The minimum absolute atomic E-state index is 0.103. The highest BCUT2D eigenvalue weighted by Gasteiger charge is 2.30. The summed E-state index contributed by atoms with van der Waals surface area (Å²) in [5, 5.41) is 10.6. The molecule has 0 aliphatic rings. The van der Waals surface area contributed by atoms with Crippen LogP contribution in [0.1, 0.15) is 400 Å². The van der Waals surface area contributed by atoms with Crippen LogP contribution < -0.4 is 0 Å². The number of rotatable bonds is 76. The SMILES string of the molecule is CCCCCCCCCCCCCCCCCCCCCCCC(=O)OC[C@H](COP(=O)(O)OC[C@@H](O)COP(=O)(O)OC[C@@H](COC(=O)CCCCCCC)OC(=O)CCCCCCCCC)OC(=O)CCCCCCCCCCCCCCCCCCCCCCC. The molecule has 0 saturated carbocycles. The number of hydrogen-bond acceptors (Lipinski definition) is 15.